The molecule has 0 unspecified atom stereocenters. The molecule has 142 valence electrons. The minimum atomic E-state index is -2.37. The van der Waals surface area contributed by atoms with E-state index in [4.69, 9.17) is 14.9 Å². The van der Waals surface area contributed by atoms with Gasteiger partial charge in [0.25, 0.3) is 0 Å². The molecule has 0 aromatic heterocycles. The fourth-order valence-corrected chi connectivity index (χ4v) is 2.67. The molecule has 0 aliphatic carbocycles. The maximum Gasteiger partial charge on any atom is 1.00 e. The van der Waals surface area contributed by atoms with Crippen LogP contribution in [0.2, 0.25) is 0 Å². The minimum absolute atomic E-state index is 0. The first-order valence-corrected chi connectivity index (χ1v) is 7.32. The van der Waals surface area contributed by atoms with Crippen molar-refractivity contribution >= 4 is 5.97 Å². The predicted octanol–water partition coefficient (Wildman–Crippen LogP) is -9.34. The third-order valence-corrected chi connectivity index (χ3v) is 4.18. The van der Waals surface area contributed by atoms with Gasteiger partial charge in [0.15, 0.2) is 0 Å². The van der Waals surface area contributed by atoms with Crippen LogP contribution in [0.5, 0.6) is 0 Å². The topological polar surface area (TPSA) is 211 Å². The van der Waals surface area contributed by atoms with Crippen molar-refractivity contribution < 1.29 is 85.0 Å². The Balaban J connectivity index is 0.00000576. The monoisotopic (exact) mass is 378 g/mol. The molecule has 0 saturated carbocycles. The molecule has 11 nitrogen and oxygen atoms in total. The summed E-state index contributed by atoms with van der Waals surface area (Å²) in [6.07, 6.45) is -14.2. The van der Waals surface area contributed by atoms with Crippen LogP contribution in [0.15, 0.2) is 0 Å². The van der Waals surface area contributed by atoms with Gasteiger partial charge in [-0.25, -0.2) is 0 Å². The van der Waals surface area contributed by atoms with Gasteiger partial charge in [-0.05, 0) is 6.42 Å². The summed E-state index contributed by atoms with van der Waals surface area (Å²) < 4.78 is 5.19. The second-order valence-corrected chi connectivity index (χ2v) is 5.77. The number of carbonyl (C=O) groups excluding carboxylic acids is 1. The maximum atomic E-state index is 10.7. The summed E-state index contributed by atoms with van der Waals surface area (Å²) in [5, 5.41) is 87.0. The number of carbonyl (C=O) groups is 1. The molecule has 0 aromatic carbocycles. The SMILES string of the molecule is O=C([O-])[C@H](O)[C@@H](O)[C@H](C[C@@H]1O[C@H](CO)[C@H](O)[C@H](O)[C@H]1O)[C@H](O)CO.[Na+]. The second kappa shape index (κ2) is 11.1. The summed E-state index contributed by atoms with van der Waals surface area (Å²) in [4.78, 5) is 10.7. The minimum Gasteiger partial charge on any atom is -0.547 e. The molecule has 8 N–H and O–H groups in total. The molecule has 1 fully saturated rings. The van der Waals surface area contributed by atoms with Gasteiger partial charge in [0.05, 0.1) is 37.5 Å². The summed E-state index contributed by atoms with van der Waals surface area (Å²) in [5.74, 6) is -3.48. The van der Waals surface area contributed by atoms with Crippen molar-refractivity contribution in [2.75, 3.05) is 13.2 Å². The number of aliphatic carboxylic acids is 1. The van der Waals surface area contributed by atoms with Crippen LogP contribution in [0.4, 0.5) is 0 Å². The molecule has 1 aliphatic rings. The Morgan fingerprint density at radius 2 is 1.52 bits per heavy atom. The van der Waals surface area contributed by atoms with Crippen molar-refractivity contribution in [2.24, 2.45) is 5.92 Å². The summed E-state index contributed by atoms with van der Waals surface area (Å²) >= 11 is 0. The Labute approximate surface area is 165 Å². The summed E-state index contributed by atoms with van der Waals surface area (Å²) in [5.41, 5.74) is 0. The largest absolute Gasteiger partial charge is 1.00 e. The molecule has 1 rings (SSSR count). The number of aliphatic hydroxyl groups is 8. The van der Waals surface area contributed by atoms with Crippen LogP contribution in [0.1, 0.15) is 6.42 Å². The fraction of sp³-hybridized carbons (Fsp3) is 0.923. The van der Waals surface area contributed by atoms with Crippen molar-refractivity contribution in [3.05, 3.63) is 0 Å². The van der Waals surface area contributed by atoms with Gasteiger partial charge in [-0.2, -0.15) is 0 Å². The third kappa shape index (κ3) is 6.06. The van der Waals surface area contributed by atoms with Crippen LogP contribution >= 0.6 is 0 Å². The van der Waals surface area contributed by atoms with Crippen molar-refractivity contribution in [1.29, 1.82) is 0 Å². The number of aliphatic hydroxyl groups excluding tert-OH is 8. The Hall–Kier alpha value is 0.110. The molecule has 0 radical (unpaired) electrons. The van der Waals surface area contributed by atoms with Crippen molar-refractivity contribution in [3.8, 4) is 0 Å². The molecule has 1 saturated heterocycles. The quantitative estimate of drug-likeness (QED) is 0.186. The van der Waals surface area contributed by atoms with E-state index < -0.39 is 80.4 Å². The predicted molar refractivity (Wildman–Crippen MR) is 72.0 cm³/mol. The Morgan fingerprint density at radius 3 is 1.96 bits per heavy atom. The third-order valence-electron chi connectivity index (χ3n) is 4.18. The van der Waals surface area contributed by atoms with E-state index in [9.17, 15) is 40.5 Å². The van der Waals surface area contributed by atoms with Crippen molar-refractivity contribution in [2.45, 2.75) is 55.3 Å². The van der Waals surface area contributed by atoms with Gasteiger partial charge in [0.2, 0.25) is 0 Å². The Kier molecular flexibility index (Phi) is 11.1. The van der Waals surface area contributed by atoms with Gasteiger partial charge in [-0.15, -0.1) is 0 Å². The number of ether oxygens (including phenoxy) is 1. The first-order valence-electron chi connectivity index (χ1n) is 7.32. The van der Waals surface area contributed by atoms with E-state index in [1.54, 1.807) is 0 Å². The van der Waals surface area contributed by atoms with Crippen molar-refractivity contribution in [1.82, 2.24) is 0 Å². The van der Waals surface area contributed by atoms with Gasteiger partial charge in [-0.3, -0.25) is 0 Å². The van der Waals surface area contributed by atoms with Crippen LogP contribution in [0, 0.1) is 5.92 Å². The Morgan fingerprint density at radius 1 is 1.00 bits per heavy atom. The zero-order chi connectivity index (χ0) is 18.6. The van der Waals surface area contributed by atoms with Gasteiger partial charge in [-0.1, -0.05) is 0 Å². The fourth-order valence-electron chi connectivity index (χ4n) is 2.67. The van der Waals surface area contributed by atoms with E-state index in [1.807, 2.05) is 0 Å². The molecule has 1 aliphatic heterocycles. The molecule has 12 heteroatoms. The molecule has 1 heterocycles. The standard InChI is InChI=1S/C13H24O11.Na/c14-2-5(16)4(8(17)12(21)13(22)23)1-6-9(18)11(20)10(19)7(3-15)24-6;/h4-12,14-21H,1-3H2,(H,22,23);/q;+1/p-1/t4-,5-,6+,7-,8+,9+,10+,11-,12-;/m1./s1. The van der Waals surface area contributed by atoms with Crippen LogP contribution in [-0.4, -0.2) is 109 Å². The Bertz CT molecular complexity index is 409. The normalized spacial score (nSPS) is 34.5. The molecule has 0 amide bonds. The molecule has 0 aromatic rings. The van der Waals surface area contributed by atoms with E-state index in [0.717, 1.165) is 0 Å². The molecule has 9 atom stereocenters. The maximum absolute atomic E-state index is 10.7. The van der Waals surface area contributed by atoms with E-state index in [2.05, 4.69) is 0 Å². The van der Waals surface area contributed by atoms with Crippen LogP contribution in [0.3, 0.4) is 0 Å². The molecule has 25 heavy (non-hydrogen) atoms. The van der Waals surface area contributed by atoms with Gasteiger partial charge >= 0.3 is 29.6 Å². The van der Waals surface area contributed by atoms with E-state index in [1.165, 1.54) is 0 Å². The molecule has 0 spiro atoms. The number of carboxylic acid groups (broad SMARTS) is 1. The molecular weight excluding hydrogens is 355 g/mol. The summed E-state index contributed by atoms with van der Waals surface area (Å²) in [6.45, 7) is -1.59. The average molecular weight is 378 g/mol. The zero-order valence-electron chi connectivity index (χ0n) is 13.6. The average Bonchev–Trinajstić information content (AvgIpc) is 2.57. The van der Waals surface area contributed by atoms with Crippen LogP contribution in [-0.2, 0) is 9.53 Å². The first kappa shape index (κ1) is 25.1. The molecule has 0 bridgehead atoms. The van der Waals surface area contributed by atoms with E-state index in [-0.39, 0.29) is 29.6 Å². The van der Waals surface area contributed by atoms with Crippen LogP contribution in [0.25, 0.3) is 0 Å². The van der Waals surface area contributed by atoms with E-state index >= 15 is 0 Å². The zero-order valence-corrected chi connectivity index (χ0v) is 15.6. The number of hydrogen-bond donors (Lipinski definition) is 8. The molecular formula is C13H23NaO11. The second-order valence-electron chi connectivity index (χ2n) is 5.77. The number of rotatable bonds is 8. The van der Waals surface area contributed by atoms with Gasteiger partial charge < -0.3 is 55.5 Å². The summed E-state index contributed by atoms with van der Waals surface area (Å²) in [7, 11) is 0. The van der Waals surface area contributed by atoms with Gasteiger partial charge in [0.1, 0.15) is 30.5 Å². The van der Waals surface area contributed by atoms with Crippen molar-refractivity contribution in [3.63, 3.8) is 0 Å². The first-order chi connectivity index (χ1) is 11.1. The summed E-state index contributed by atoms with van der Waals surface area (Å²) in [6, 6.07) is 0. The number of hydrogen-bond acceptors (Lipinski definition) is 11. The van der Waals surface area contributed by atoms with Crippen LogP contribution < -0.4 is 34.7 Å². The van der Waals surface area contributed by atoms with E-state index in [0.29, 0.717) is 0 Å². The van der Waals surface area contributed by atoms with Gasteiger partial charge in [0, 0.05) is 5.92 Å². The number of carboxylic acids is 1. The smallest absolute Gasteiger partial charge is 0.547 e.